The Morgan fingerprint density at radius 3 is 2.65 bits per heavy atom. The highest BCUT2D eigenvalue weighted by Crippen LogP contribution is 2.37. The Kier molecular flexibility index (Phi) is 3.35. The third-order valence-corrected chi connectivity index (χ3v) is 4.02. The smallest absolute Gasteiger partial charge is 0.223 e. The summed E-state index contributed by atoms with van der Waals surface area (Å²) < 4.78 is 5.22. The van der Waals surface area contributed by atoms with Crippen LogP contribution in [0.2, 0.25) is 0 Å². The van der Waals surface area contributed by atoms with E-state index in [1.165, 1.54) is 0 Å². The van der Waals surface area contributed by atoms with E-state index in [1.54, 1.807) is 7.11 Å². The van der Waals surface area contributed by atoms with Gasteiger partial charge in [0, 0.05) is 12.5 Å². The van der Waals surface area contributed by atoms with E-state index in [0.29, 0.717) is 12.5 Å². The molecule has 1 aliphatic carbocycles. The summed E-state index contributed by atoms with van der Waals surface area (Å²) in [6.45, 7) is 2.72. The summed E-state index contributed by atoms with van der Waals surface area (Å²) in [6, 6.07) is 12.3. The molecule has 1 aliphatic rings. The van der Waals surface area contributed by atoms with Crippen LogP contribution in [-0.4, -0.2) is 13.0 Å². The third kappa shape index (κ3) is 2.62. The average molecular weight is 269 g/mol. The number of nitrogens with one attached hydrogen (secondary N) is 1. The van der Waals surface area contributed by atoms with Gasteiger partial charge in [0.2, 0.25) is 5.91 Å². The van der Waals surface area contributed by atoms with Crippen LogP contribution < -0.4 is 10.1 Å². The lowest BCUT2D eigenvalue weighted by Gasteiger charge is -2.07. The maximum absolute atomic E-state index is 11.8. The summed E-state index contributed by atoms with van der Waals surface area (Å²) in [4.78, 5) is 11.8. The predicted molar refractivity (Wildman–Crippen MR) is 79.6 cm³/mol. The molecule has 1 N–H and O–H groups in total. The second-order valence-electron chi connectivity index (χ2n) is 5.58. The zero-order valence-corrected chi connectivity index (χ0v) is 11.8. The maximum Gasteiger partial charge on any atom is 0.223 e. The molecule has 0 spiro atoms. The van der Waals surface area contributed by atoms with Crippen LogP contribution >= 0.6 is 0 Å². The highest BCUT2D eigenvalue weighted by atomic mass is 16.5. The van der Waals surface area contributed by atoms with E-state index in [4.69, 9.17) is 4.74 Å². The molecule has 1 amide bonds. The summed E-state index contributed by atoms with van der Waals surface area (Å²) in [7, 11) is 1.67. The van der Waals surface area contributed by atoms with Crippen molar-refractivity contribution in [2.45, 2.75) is 19.9 Å². The van der Waals surface area contributed by atoms with Crippen molar-refractivity contribution in [3.8, 4) is 5.75 Å². The van der Waals surface area contributed by atoms with Gasteiger partial charge in [-0.3, -0.25) is 4.79 Å². The largest absolute Gasteiger partial charge is 0.497 e. The normalized spacial score (nSPS) is 20.7. The Bertz CT molecular complexity index is 650. The first-order valence-electron chi connectivity index (χ1n) is 7.02. The van der Waals surface area contributed by atoms with Gasteiger partial charge in [0.1, 0.15) is 5.75 Å². The van der Waals surface area contributed by atoms with Gasteiger partial charge in [0.25, 0.3) is 0 Å². The zero-order chi connectivity index (χ0) is 14.1. The summed E-state index contributed by atoms with van der Waals surface area (Å²) in [5.74, 6) is 1.84. The second kappa shape index (κ2) is 5.16. The average Bonchev–Trinajstić information content (AvgIpc) is 3.21. The van der Waals surface area contributed by atoms with Crippen LogP contribution in [-0.2, 0) is 11.3 Å². The van der Waals surface area contributed by atoms with Crippen molar-refractivity contribution in [1.29, 1.82) is 0 Å². The quantitative estimate of drug-likeness (QED) is 0.926. The van der Waals surface area contributed by atoms with Crippen molar-refractivity contribution in [3.05, 3.63) is 42.0 Å². The molecule has 0 bridgehead atoms. The molecule has 3 rings (SSSR count). The van der Waals surface area contributed by atoms with Crippen LogP contribution in [0.15, 0.2) is 36.4 Å². The summed E-state index contributed by atoms with van der Waals surface area (Å²) in [5, 5.41) is 5.33. The highest BCUT2D eigenvalue weighted by Gasteiger charge is 2.38. The molecule has 1 saturated carbocycles. The lowest BCUT2D eigenvalue weighted by Crippen LogP contribution is -2.24. The molecule has 0 aliphatic heterocycles. The van der Waals surface area contributed by atoms with E-state index in [1.807, 2.05) is 18.2 Å². The van der Waals surface area contributed by atoms with Gasteiger partial charge >= 0.3 is 0 Å². The number of rotatable bonds is 4. The first-order chi connectivity index (χ1) is 9.67. The molecule has 2 unspecified atom stereocenters. The van der Waals surface area contributed by atoms with Gasteiger partial charge in [-0.15, -0.1) is 0 Å². The van der Waals surface area contributed by atoms with Crippen molar-refractivity contribution in [2.24, 2.45) is 11.8 Å². The minimum absolute atomic E-state index is 0.187. The van der Waals surface area contributed by atoms with Gasteiger partial charge in [-0.1, -0.05) is 25.1 Å². The Labute approximate surface area is 118 Å². The van der Waals surface area contributed by atoms with Gasteiger partial charge in [-0.05, 0) is 46.9 Å². The summed E-state index contributed by atoms with van der Waals surface area (Å²) >= 11 is 0. The molecular weight excluding hydrogens is 250 g/mol. The standard InChI is InChI=1S/C17H19NO2/c1-11-7-16(11)17(19)18-10-12-3-4-14-9-15(20-2)6-5-13(14)8-12/h3-6,8-9,11,16H,7,10H2,1-2H3,(H,18,19). The van der Waals surface area contributed by atoms with Crippen LogP contribution in [0, 0.1) is 11.8 Å². The molecule has 0 aromatic heterocycles. The van der Waals surface area contributed by atoms with Gasteiger partial charge in [-0.2, -0.15) is 0 Å². The van der Waals surface area contributed by atoms with Crippen molar-refractivity contribution in [2.75, 3.05) is 7.11 Å². The minimum atomic E-state index is 0.187. The molecule has 2 aromatic carbocycles. The van der Waals surface area contributed by atoms with Gasteiger partial charge in [0.05, 0.1) is 7.11 Å². The molecule has 0 saturated heterocycles. The molecule has 0 heterocycles. The van der Waals surface area contributed by atoms with Crippen LogP contribution in [0.25, 0.3) is 10.8 Å². The lowest BCUT2D eigenvalue weighted by molar-refractivity contribution is -0.122. The fraction of sp³-hybridized carbons (Fsp3) is 0.353. The molecule has 3 nitrogen and oxygen atoms in total. The van der Waals surface area contributed by atoms with Gasteiger partial charge < -0.3 is 10.1 Å². The first-order valence-corrected chi connectivity index (χ1v) is 7.02. The molecule has 3 heteroatoms. The SMILES string of the molecule is COc1ccc2cc(CNC(=O)C3CC3C)ccc2c1. The number of carbonyl (C=O) groups excluding carboxylic acids is 1. The lowest BCUT2D eigenvalue weighted by atomic mass is 10.1. The summed E-state index contributed by atoms with van der Waals surface area (Å²) in [6.07, 6.45) is 1.03. The van der Waals surface area contributed by atoms with Gasteiger partial charge in [-0.25, -0.2) is 0 Å². The molecular formula is C17H19NO2. The van der Waals surface area contributed by atoms with Crippen molar-refractivity contribution >= 4 is 16.7 Å². The molecule has 0 radical (unpaired) electrons. The van der Waals surface area contributed by atoms with Crippen LogP contribution in [0.3, 0.4) is 0 Å². The Balaban J connectivity index is 1.71. The van der Waals surface area contributed by atoms with Crippen molar-refractivity contribution in [1.82, 2.24) is 5.32 Å². The number of hydrogen-bond donors (Lipinski definition) is 1. The van der Waals surface area contributed by atoms with Crippen LogP contribution in [0.4, 0.5) is 0 Å². The molecule has 2 atom stereocenters. The number of hydrogen-bond acceptors (Lipinski definition) is 2. The maximum atomic E-state index is 11.8. The number of carbonyl (C=O) groups is 1. The topological polar surface area (TPSA) is 38.3 Å². The van der Waals surface area contributed by atoms with Crippen molar-refractivity contribution < 1.29 is 9.53 Å². The van der Waals surface area contributed by atoms with E-state index < -0.39 is 0 Å². The van der Waals surface area contributed by atoms with E-state index in [-0.39, 0.29) is 11.8 Å². The fourth-order valence-electron chi connectivity index (χ4n) is 2.52. The number of fused-ring (bicyclic) bond motifs is 1. The predicted octanol–water partition coefficient (Wildman–Crippen LogP) is 3.12. The van der Waals surface area contributed by atoms with E-state index in [0.717, 1.165) is 28.5 Å². The molecule has 20 heavy (non-hydrogen) atoms. The Hall–Kier alpha value is -2.03. The first kappa shape index (κ1) is 13.0. The number of methoxy groups -OCH3 is 1. The molecule has 104 valence electrons. The third-order valence-electron chi connectivity index (χ3n) is 4.02. The monoisotopic (exact) mass is 269 g/mol. The zero-order valence-electron chi connectivity index (χ0n) is 11.8. The Morgan fingerprint density at radius 1 is 1.25 bits per heavy atom. The molecule has 1 fully saturated rings. The highest BCUT2D eigenvalue weighted by molar-refractivity contribution is 5.85. The van der Waals surface area contributed by atoms with E-state index in [9.17, 15) is 4.79 Å². The number of ether oxygens (including phenoxy) is 1. The number of benzene rings is 2. The fourth-order valence-corrected chi connectivity index (χ4v) is 2.52. The van der Waals surface area contributed by atoms with Crippen LogP contribution in [0.1, 0.15) is 18.9 Å². The minimum Gasteiger partial charge on any atom is -0.497 e. The van der Waals surface area contributed by atoms with Gasteiger partial charge in [0.15, 0.2) is 0 Å². The second-order valence-corrected chi connectivity index (χ2v) is 5.58. The van der Waals surface area contributed by atoms with Crippen LogP contribution in [0.5, 0.6) is 5.75 Å². The van der Waals surface area contributed by atoms with Crippen molar-refractivity contribution in [3.63, 3.8) is 0 Å². The number of amides is 1. The summed E-state index contributed by atoms with van der Waals surface area (Å²) in [5.41, 5.74) is 1.13. The Morgan fingerprint density at radius 2 is 1.95 bits per heavy atom. The molecule has 2 aromatic rings. The van der Waals surface area contributed by atoms with E-state index in [2.05, 4.69) is 30.4 Å². The van der Waals surface area contributed by atoms with E-state index >= 15 is 0 Å².